The van der Waals surface area contributed by atoms with Gasteiger partial charge in [-0.15, -0.1) is 11.3 Å². The minimum atomic E-state index is -0.197. The Morgan fingerprint density at radius 2 is 1.88 bits per heavy atom. The maximum absolute atomic E-state index is 13.2. The number of likely N-dealkylation sites (tertiary alicyclic amines) is 1. The van der Waals surface area contributed by atoms with Crippen LogP contribution in [0.25, 0.3) is 0 Å². The van der Waals surface area contributed by atoms with Gasteiger partial charge in [0.05, 0.1) is 22.2 Å². The Balaban J connectivity index is 1.52. The second-order valence-corrected chi connectivity index (χ2v) is 9.27. The zero-order chi connectivity index (χ0) is 22.5. The number of nitrogens with one attached hydrogen (secondary N) is 1. The Hall–Kier alpha value is -2.67. The second kappa shape index (κ2) is 10.3. The average Bonchev–Trinajstić information content (AvgIpc) is 3.53. The van der Waals surface area contributed by atoms with Crippen LogP contribution in [0.1, 0.15) is 44.5 Å². The Morgan fingerprint density at radius 1 is 1.09 bits per heavy atom. The van der Waals surface area contributed by atoms with E-state index in [2.05, 4.69) is 16.3 Å². The SMILES string of the molecule is CN(C(=O)c1cccs1)c1ccccc1C(=O)NCC(c1cccc(Cl)c1)N1CCCC1. The summed E-state index contributed by atoms with van der Waals surface area (Å²) in [5.41, 5.74) is 2.16. The van der Waals surface area contributed by atoms with Crippen molar-refractivity contribution in [2.45, 2.75) is 18.9 Å². The third-order valence-corrected chi connectivity index (χ3v) is 6.91. The molecule has 1 N–H and O–H groups in total. The highest BCUT2D eigenvalue weighted by Crippen LogP contribution is 2.27. The number of halogens is 1. The van der Waals surface area contributed by atoms with Crippen LogP contribution < -0.4 is 10.2 Å². The molecule has 0 saturated carbocycles. The maximum Gasteiger partial charge on any atom is 0.268 e. The first-order chi connectivity index (χ1) is 15.5. The Labute approximate surface area is 197 Å². The van der Waals surface area contributed by atoms with E-state index in [1.807, 2.05) is 41.8 Å². The first-order valence-electron chi connectivity index (χ1n) is 10.7. The number of hydrogen-bond acceptors (Lipinski definition) is 4. The van der Waals surface area contributed by atoms with E-state index in [9.17, 15) is 9.59 Å². The van der Waals surface area contributed by atoms with Crippen molar-refractivity contribution in [3.05, 3.63) is 87.1 Å². The van der Waals surface area contributed by atoms with Crippen molar-refractivity contribution < 1.29 is 9.59 Å². The van der Waals surface area contributed by atoms with Gasteiger partial charge < -0.3 is 10.2 Å². The van der Waals surface area contributed by atoms with Crippen LogP contribution in [0.5, 0.6) is 0 Å². The molecular formula is C25H26ClN3O2S. The van der Waals surface area contributed by atoms with Crippen LogP contribution >= 0.6 is 22.9 Å². The lowest BCUT2D eigenvalue weighted by atomic mass is 10.0. The van der Waals surface area contributed by atoms with Crippen LogP contribution in [-0.4, -0.2) is 43.4 Å². The molecule has 1 aliphatic heterocycles. The standard InChI is InChI=1S/C25H26ClN3O2S/c1-28(25(31)23-12-7-15-32-23)21-11-3-2-10-20(21)24(30)27-17-22(29-13-4-5-14-29)18-8-6-9-19(26)16-18/h2-3,6-12,15-16,22H,4-5,13-14,17H2,1H3,(H,27,30). The summed E-state index contributed by atoms with van der Waals surface area (Å²) in [6, 6.07) is 18.7. The molecule has 1 aromatic heterocycles. The zero-order valence-corrected chi connectivity index (χ0v) is 19.5. The predicted molar refractivity (Wildman–Crippen MR) is 131 cm³/mol. The van der Waals surface area contributed by atoms with Crippen molar-refractivity contribution in [2.75, 3.05) is 31.6 Å². The average molecular weight is 468 g/mol. The highest BCUT2D eigenvalue weighted by Gasteiger charge is 2.25. The third-order valence-electron chi connectivity index (χ3n) is 5.82. The van der Waals surface area contributed by atoms with E-state index < -0.39 is 0 Å². The van der Waals surface area contributed by atoms with E-state index in [0.717, 1.165) is 31.5 Å². The molecule has 0 radical (unpaired) electrons. The van der Waals surface area contributed by atoms with Crippen molar-refractivity contribution >= 4 is 40.4 Å². The predicted octanol–water partition coefficient (Wildman–Crippen LogP) is 5.25. The molecule has 1 unspecified atom stereocenters. The van der Waals surface area contributed by atoms with Crippen molar-refractivity contribution in [1.82, 2.24) is 10.2 Å². The van der Waals surface area contributed by atoms with Crippen molar-refractivity contribution in [3.8, 4) is 0 Å². The number of thiophene rings is 1. The van der Waals surface area contributed by atoms with Crippen LogP contribution in [0.15, 0.2) is 66.0 Å². The monoisotopic (exact) mass is 467 g/mol. The number of para-hydroxylation sites is 1. The second-order valence-electron chi connectivity index (χ2n) is 7.88. The van der Waals surface area contributed by atoms with Gasteiger partial charge in [-0.2, -0.15) is 0 Å². The Morgan fingerprint density at radius 3 is 2.59 bits per heavy atom. The van der Waals surface area contributed by atoms with Gasteiger partial charge >= 0.3 is 0 Å². The molecule has 5 nitrogen and oxygen atoms in total. The summed E-state index contributed by atoms with van der Waals surface area (Å²) in [5.74, 6) is -0.327. The molecule has 1 saturated heterocycles. The van der Waals surface area contributed by atoms with Gasteiger partial charge in [0.2, 0.25) is 0 Å². The van der Waals surface area contributed by atoms with Gasteiger partial charge in [0.1, 0.15) is 0 Å². The largest absolute Gasteiger partial charge is 0.350 e. The van der Waals surface area contributed by atoms with E-state index in [1.165, 1.54) is 16.2 Å². The summed E-state index contributed by atoms with van der Waals surface area (Å²) in [7, 11) is 1.70. The number of benzene rings is 2. The summed E-state index contributed by atoms with van der Waals surface area (Å²) in [6.45, 7) is 2.47. The number of anilines is 1. The van der Waals surface area contributed by atoms with Crippen LogP contribution in [0.2, 0.25) is 5.02 Å². The van der Waals surface area contributed by atoms with Gasteiger partial charge in [-0.25, -0.2) is 0 Å². The molecule has 32 heavy (non-hydrogen) atoms. The first-order valence-corrected chi connectivity index (χ1v) is 12.0. The van der Waals surface area contributed by atoms with Crippen molar-refractivity contribution in [3.63, 3.8) is 0 Å². The fourth-order valence-electron chi connectivity index (χ4n) is 4.14. The smallest absolute Gasteiger partial charge is 0.268 e. The number of rotatable bonds is 7. The van der Waals surface area contributed by atoms with E-state index in [4.69, 9.17) is 11.6 Å². The summed E-state index contributed by atoms with van der Waals surface area (Å²) in [4.78, 5) is 30.6. The molecule has 0 bridgehead atoms. The van der Waals surface area contributed by atoms with E-state index in [1.54, 1.807) is 25.2 Å². The fourth-order valence-corrected chi connectivity index (χ4v) is 5.04. The highest BCUT2D eigenvalue weighted by molar-refractivity contribution is 7.12. The third kappa shape index (κ3) is 5.04. The number of carbonyl (C=O) groups is 2. The number of carbonyl (C=O) groups excluding carboxylic acids is 2. The summed E-state index contributed by atoms with van der Waals surface area (Å²) in [6.07, 6.45) is 2.31. The molecule has 3 aromatic rings. The molecule has 0 aliphatic carbocycles. The quantitative estimate of drug-likeness (QED) is 0.516. The van der Waals surface area contributed by atoms with Crippen LogP contribution in [0.4, 0.5) is 5.69 Å². The molecule has 2 aromatic carbocycles. The minimum Gasteiger partial charge on any atom is -0.350 e. The molecule has 1 fully saturated rings. The van der Waals surface area contributed by atoms with Crippen molar-refractivity contribution in [1.29, 1.82) is 0 Å². The van der Waals surface area contributed by atoms with Crippen molar-refractivity contribution in [2.24, 2.45) is 0 Å². The molecule has 2 heterocycles. The van der Waals surface area contributed by atoms with Crippen LogP contribution in [-0.2, 0) is 0 Å². The van der Waals surface area contributed by atoms with Gasteiger partial charge in [-0.1, -0.05) is 41.9 Å². The first kappa shape index (κ1) is 22.5. The maximum atomic E-state index is 13.2. The van der Waals surface area contributed by atoms with Gasteiger partial charge in [-0.05, 0) is 67.2 Å². The van der Waals surface area contributed by atoms with Crippen LogP contribution in [0, 0.1) is 0 Å². The number of nitrogens with zero attached hydrogens (tertiary/aromatic N) is 2. The van der Waals surface area contributed by atoms with Gasteiger partial charge in [0.25, 0.3) is 11.8 Å². The highest BCUT2D eigenvalue weighted by atomic mass is 35.5. The van der Waals surface area contributed by atoms with Gasteiger partial charge in [-0.3, -0.25) is 14.5 Å². The molecule has 166 valence electrons. The molecule has 1 atom stereocenters. The van der Waals surface area contributed by atoms with Gasteiger partial charge in [0, 0.05) is 18.6 Å². The normalized spacial score (nSPS) is 14.8. The summed E-state index contributed by atoms with van der Waals surface area (Å²) >= 11 is 7.63. The summed E-state index contributed by atoms with van der Waals surface area (Å²) < 4.78 is 0. The lowest BCUT2D eigenvalue weighted by Crippen LogP contribution is -2.37. The molecule has 4 rings (SSSR count). The summed E-state index contributed by atoms with van der Waals surface area (Å²) in [5, 5.41) is 5.66. The van der Waals surface area contributed by atoms with E-state index in [0.29, 0.717) is 27.7 Å². The zero-order valence-electron chi connectivity index (χ0n) is 18.0. The molecule has 7 heteroatoms. The lowest BCUT2D eigenvalue weighted by molar-refractivity contribution is 0.0938. The Bertz CT molecular complexity index is 1080. The Kier molecular flexibility index (Phi) is 7.25. The van der Waals surface area contributed by atoms with Gasteiger partial charge in [0.15, 0.2) is 0 Å². The molecular weight excluding hydrogens is 442 g/mol. The topological polar surface area (TPSA) is 52.7 Å². The number of amides is 2. The fraction of sp³-hybridized carbons (Fsp3) is 0.280. The van der Waals surface area contributed by atoms with Crippen LogP contribution in [0.3, 0.4) is 0 Å². The molecule has 1 aliphatic rings. The minimum absolute atomic E-state index is 0.0535. The molecule has 2 amide bonds. The van der Waals surface area contributed by atoms with E-state index in [-0.39, 0.29) is 17.9 Å². The van der Waals surface area contributed by atoms with E-state index >= 15 is 0 Å². The lowest BCUT2D eigenvalue weighted by Gasteiger charge is -2.28. The number of hydrogen-bond donors (Lipinski definition) is 1. The molecule has 0 spiro atoms.